The number of ether oxygens (including phenoxy) is 2. The number of hydrogen-bond donors (Lipinski definition) is 1. The highest BCUT2D eigenvalue weighted by molar-refractivity contribution is 8.18. The first kappa shape index (κ1) is 16.1. The summed E-state index contributed by atoms with van der Waals surface area (Å²) in [4.78, 5) is 27.7. The summed E-state index contributed by atoms with van der Waals surface area (Å²) in [7, 11) is 3.10. The number of carbonyl (C=O) groups is 2. The molecule has 0 atom stereocenters. The summed E-state index contributed by atoms with van der Waals surface area (Å²) < 4.78 is 10.7. The maximum atomic E-state index is 11.8. The van der Waals surface area contributed by atoms with Gasteiger partial charge in [0.2, 0.25) is 0 Å². The molecule has 2 aromatic rings. The van der Waals surface area contributed by atoms with Crippen molar-refractivity contribution < 1.29 is 19.1 Å². The molecular weight excluding hydrogens is 328 g/mol. The summed E-state index contributed by atoms with van der Waals surface area (Å²) in [5.74, 6) is 0.696. The fraction of sp³-hybridized carbons (Fsp3) is 0.118. The first-order chi connectivity index (χ1) is 11.6. The van der Waals surface area contributed by atoms with Gasteiger partial charge in [-0.15, -0.1) is 0 Å². The largest absolute Gasteiger partial charge is 0.493 e. The Labute approximate surface area is 142 Å². The van der Waals surface area contributed by atoms with E-state index >= 15 is 0 Å². The predicted molar refractivity (Wildman–Crippen MR) is 91.9 cm³/mol. The lowest BCUT2D eigenvalue weighted by molar-refractivity contribution is -0.115. The number of thioether (sulfide) groups is 1. The molecule has 1 fully saturated rings. The van der Waals surface area contributed by atoms with Crippen LogP contribution in [0.2, 0.25) is 0 Å². The molecule has 1 aromatic carbocycles. The van der Waals surface area contributed by atoms with Crippen LogP contribution in [0.1, 0.15) is 5.56 Å². The molecule has 0 bridgehead atoms. The number of pyridine rings is 1. The lowest BCUT2D eigenvalue weighted by Crippen LogP contribution is -2.17. The van der Waals surface area contributed by atoms with Crippen molar-refractivity contribution in [1.29, 1.82) is 0 Å². The van der Waals surface area contributed by atoms with Gasteiger partial charge >= 0.3 is 0 Å². The number of nitrogens with one attached hydrogen (secondary N) is 1. The Bertz CT molecular complexity index is 834. The van der Waals surface area contributed by atoms with Crippen LogP contribution in [-0.4, -0.2) is 30.3 Å². The molecular formula is C17H14N2O4S. The molecule has 1 aliphatic rings. The quantitative estimate of drug-likeness (QED) is 0.861. The Morgan fingerprint density at radius 1 is 1.17 bits per heavy atom. The van der Waals surface area contributed by atoms with E-state index in [9.17, 15) is 9.59 Å². The third-order valence-corrected chi connectivity index (χ3v) is 4.27. The normalized spacial score (nSPS) is 15.5. The van der Waals surface area contributed by atoms with Crippen LogP contribution in [0.15, 0.2) is 41.6 Å². The average molecular weight is 342 g/mol. The van der Waals surface area contributed by atoms with E-state index in [0.29, 0.717) is 16.4 Å². The summed E-state index contributed by atoms with van der Waals surface area (Å²) in [5.41, 5.74) is 2.41. The second kappa shape index (κ2) is 6.76. The van der Waals surface area contributed by atoms with Crippen LogP contribution in [-0.2, 0) is 4.79 Å². The fourth-order valence-corrected chi connectivity index (χ4v) is 3.02. The van der Waals surface area contributed by atoms with Crippen LogP contribution in [0.4, 0.5) is 4.79 Å². The van der Waals surface area contributed by atoms with E-state index in [0.717, 1.165) is 28.5 Å². The number of methoxy groups -OCH3 is 2. The zero-order valence-electron chi connectivity index (χ0n) is 13.0. The van der Waals surface area contributed by atoms with Gasteiger partial charge in [0.1, 0.15) is 0 Å². The number of rotatable bonds is 4. The van der Waals surface area contributed by atoms with Crippen LogP contribution in [0.5, 0.6) is 11.5 Å². The SMILES string of the molecule is COc1cc(C=C2SC(=O)NC2=O)c(-c2cccnc2)cc1OC. The first-order valence-electron chi connectivity index (χ1n) is 7.03. The summed E-state index contributed by atoms with van der Waals surface area (Å²) in [6.45, 7) is 0. The van der Waals surface area contributed by atoms with E-state index in [1.807, 2.05) is 18.2 Å². The molecule has 122 valence electrons. The molecule has 7 heteroatoms. The highest BCUT2D eigenvalue weighted by Gasteiger charge is 2.25. The molecule has 24 heavy (non-hydrogen) atoms. The highest BCUT2D eigenvalue weighted by Crippen LogP contribution is 2.38. The van der Waals surface area contributed by atoms with Crippen LogP contribution in [0, 0.1) is 0 Å². The number of aromatic nitrogens is 1. The Morgan fingerprint density at radius 3 is 2.50 bits per heavy atom. The fourth-order valence-electron chi connectivity index (χ4n) is 2.35. The van der Waals surface area contributed by atoms with E-state index < -0.39 is 5.91 Å². The molecule has 3 rings (SSSR count). The molecule has 2 amide bonds. The van der Waals surface area contributed by atoms with Gasteiger partial charge in [-0.05, 0) is 47.2 Å². The van der Waals surface area contributed by atoms with Gasteiger partial charge in [-0.3, -0.25) is 19.9 Å². The van der Waals surface area contributed by atoms with E-state index in [-0.39, 0.29) is 5.24 Å². The number of hydrogen-bond acceptors (Lipinski definition) is 6. The molecule has 0 saturated carbocycles. The molecule has 0 unspecified atom stereocenters. The minimum absolute atomic E-state index is 0.331. The molecule has 1 saturated heterocycles. The van der Waals surface area contributed by atoms with E-state index in [2.05, 4.69) is 10.3 Å². The molecule has 1 aromatic heterocycles. The summed E-state index contributed by atoms with van der Waals surface area (Å²) in [6.07, 6.45) is 5.06. The van der Waals surface area contributed by atoms with Crippen molar-refractivity contribution in [2.45, 2.75) is 0 Å². The van der Waals surface area contributed by atoms with E-state index in [1.54, 1.807) is 38.8 Å². The maximum Gasteiger partial charge on any atom is 0.290 e. The zero-order chi connectivity index (χ0) is 17.1. The topological polar surface area (TPSA) is 77.5 Å². The van der Waals surface area contributed by atoms with Gasteiger partial charge < -0.3 is 9.47 Å². The molecule has 0 aliphatic carbocycles. The van der Waals surface area contributed by atoms with Gasteiger partial charge in [0.05, 0.1) is 19.1 Å². The predicted octanol–water partition coefficient (Wildman–Crippen LogP) is 3.09. The van der Waals surface area contributed by atoms with Crippen LogP contribution < -0.4 is 14.8 Å². The van der Waals surface area contributed by atoms with Gasteiger partial charge in [0, 0.05) is 18.0 Å². The van der Waals surface area contributed by atoms with Crippen LogP contribution in [0.3, 0.4) is 0 Å². The molecule has 0 radical (unpaired) electrons. The number of carbonyl (C=O) groups excluding carboxylic acids is 2. The van der Waals surface area contributed by atoms with Gasteiger partial charge in [-0.2, -0.15) is 0 Å². The molecule has 0 spiro atoms. The second-order valence-electron chi connectivity index (χ2n) is 4.89. The monoisotopic (exact) mass is 342 g/mol. The van der Waals surface area contributed by atoms with Gasteiger partial charge in [-0.25, -0.2) is 0 Å². The number of amides is 2. The van der Waals surface area contributed by atoms with E-state index in [4.69, 9.17) is 9.47 Å². The maximum absolute atomic E-state index is 11.8. The Kier molecular flexibility index (Phi) is 4.52. The van der Waals surface area contributed by atoms with Crippen molar-refractivity contribution in [2.75, 3.05) is 14.2 Å². The standard InChI is InChI=1S/C17H14N2O4S/c1-22-13-6-11(7-15-16(20)19-17(21)24-15)12(8-14(13)23-2)10-4-3-5-18-9-10/h3-9H,1-2H3,(H,19,20,21). The van der Waals surface area contributed by atoms with E-state index in [1.165, 1.54) is 0 Å². The highest BCUT2D eigenvalue weighted by atomic mass is 32.2. The lowest BCUT2D eigenvalue weighted by Gasteiger charge is -2.13. The van der Waals surface area contributed by atoms with Crippen molar-refractivity contribution in [1.82, 2.24) is 10.3 Å². The summed E-state index contributed by atoms with van der Waals surface area (Å²) in [5, 5.41) is 1.87. The van der Waals surface area contributed by atoms with Crippen LogP contribution in [0.25, 0.3) is 17.2 Å². The Hall–Kier alpha value is -2.80. The van der Waals surface area contributed by atoms with Gasteiger partial charge in [-0.1, -0.05) is 6.07 Å². The number of benzene rings is 1. The summed E-state index contributed by atoms with van der Waals surface area (Å²) in [6, 6.07) is 7.32. The minimum Gasteiger partial charge on any atom is -0.493 e. The van der Waals surface area contributed by atoms with Crippen molar-refractivity contribution in [3.63, 3.8) is 0 Å². The molecule has 1 N–H and O–H groups in total. The zero-order valence-corrected chi connectivity index (χ0v) is 13.8. The average Bonchev–Trinajstić information content (AvgIpc) is 2.92. The molecule has 6 nitrogen and oxygen atoms in total. The van der Waals surface area contributed by atoms with Gasteiger partial charge in [0.15, 0.2) is 11.5 Å². The number of imide groups is 1. The molecule has 2 heterocycles. The van der Waals surface area contributed by atoms with Crippen molar-refractivity contribution in [3.05, 3.63) is 47.1 Å². The Balaban J connectivity index is 2.18. The minimum atomic E-state index is -0.406. The summed E-state index contributed by atoms with van der Waals surface area (Å²) >= 11 is 0.870. The first-order valence-corrected chi connectivity index (χ1v) is 7.85. The van der Waals surface area contributed by atoms with Crippen molar-refractivity contribution in [3.8, 4) is 22.6 Å². The van der Waals surface area contributed by atoms with Crippen molar-refractivity contribution >= 4 is 29.0 Å². The van der Waals surface area contributed by atoms with Gasteiger partial charge in [0.25, 0.3) is 11.1 Å². The lowest BCUT2D eigenvalue weighted by atomic mass is 9.99. The number of nitrogens with zero attached hydrogens (tertiary/aromatic N) is 1. The third-order valence-electron chi connectivity index (χ3n) is 3.46. The smallest absolute Gasteiger partial charge is 0.290 e. The third kappa shape index (κ3) is 3.11. The van der Waals surface area contributed by atoms with Crippen molar-refractivity contribution in [2.24, 2.45) is 0 Å². The second-order valence-corrected chi connectivity index (χ2v) is 5.90. The van der Waals surface area contributed by atoms with Crippen LogP contribution >= 0.6 is 11.8 Å². The Morgan fingerprint density at radius 2 is 1.92 bits per heavy atom. The molecule has 1 aliphatic heterocycles.